The van der Waals surface area contributed by atoms with Crippen LogP contribution >= 0.6 is 11.3 Å². The average molecular weight is 438 g/mol. The predicted molar refractivity (Wildman–Crippen MR) is 117 cm³/mol. The zero-order valence-corrected chi connectivity index (χ0v) is 17.6. The molecule has 0 unspecified atom stereocenters. The van der Waals surface area contributed by atoms with E-state index in [1.54, 1.807) is 36.0 Å². The Balaban J connectivity index is 1.41. The smallest absolute Gasteiger partial charge is 0.271 e. The summed E-state index contributed by atoms with van der Waals surface area (Å²) >= 11 is 1.40. The third kappa shape index (κ3) is 4.56. The summed E-state index contributed by atoms with van der Waals surface area (Å²) in [5, 5.41) is 4.54. The van der Waals surface area contributed by atoms with Gasteiger partial charge in [-0.1, -0.05) is 12.1 Å². The maximum absolute atomic E-state index is 12.9. The van der Waals surface area contributed by atoms with Gasteiger partial charge in [0, 0.05) is 36.9 Å². The number of carbonyl (C=O) groups excluding carboxylic acids is 2. The molecule has 2 heterocycles. The van der Waals surface area contributed by atoms with Crippen molar-refractivity contribution in [3.05, 3.63) is 71.6 Å². The summed E-state index contributed by atoms with van der Waals surface area (Å²) in [4.78, 5) is 31.2. The highest BCUT2D eigenvalue weighted by molar-refractivity contribution is 7.15. The van der Waals surface area contributed by atoms with E-state index in [1.807, 2.05) is 18.3 Å². The third-order valence-electron chi connectivity index (χ3n) is 4.48. The fraction of sp³-hybridized carbons (Fsp3) is 0.136. The Hall–Kier alpha value is -3.72. The van der Waals surface area contributed by atoms with Gasteiger partial charge in [-0.05, 0) is 36.4 Å². The lowest BCUT2D eigenvalue weighted by atomic mass is 10.1. The summed E-state index contributed by atoms with van der Waals surface area (Å²) in [7, 11) is 3.42. The van der Waals surface area contributed by atoms with Crippen LogP contribution in [0.15, 0.2) is 60.1 Å². The number of fused-ring (bicyclic) bond motifs is 1. The molecule has 0 saturated heterocycles. The summed E-state index contributed by atoms with van der Waals surface area (Å²) in [6, 6.07) is 12.7. The van der Waals surface area contributed by atoms with Gasteiger partial charge >= 0.3 is 0 Å². The second-order valence-electron chi connectivity index (χ2n) is 6.97. The number of halogens is 1. The van der Waals surface area contributed by atoms with Crippen molar-refractivity contribution in [2.75, 3.05) is 26.0 Å². The van der Waals surface area contributed by atoms with Crippen molar-refractivity contribution in [3.8, 4) is 17.0 Å². The van der Waals surface area contributed by atoms with E-state index in [1.165, 1.54) is 40.5 Å². The topological polar surface area (TPSA) is 75.9 Å². The average Bonchev–Trinajstić information content (AvgIpc) is 3.34. The van der Waals surface area contributed by atoms with Crippen molar-refractivity contribution in [1.29, 1.82) is 0 Å². The molecule has 0 spiro atoms. The fourth-order valence-corrected chi connectivity index (χ4v) is 3.75. The number of amides is 2. The molecule has 0 saturated carbocycles. The summed E-state index contributed by atoms with van der Waals surface area (Å²) in [6.07, 6.45) is 1.83. The Kier molecular flexibility index (Phi) is 5.68. The molecule has 2 aromatic carbocycles. The van der Waals surface area contributed by atoms with Crippen molar-refractivity contribution >= 4 is 33.8 Å². The zero-order chi connectivity index (χ0) is 22.0. The van der Waals surface area contributed by atoms with Gasteiger partial charge in [-0.15, -0.1) is 11.3 Å². The molecule has 0 aliphatic heterocycles. The van der Waals surface area contributed by atoms with Crippen molar-refractivity contribution in [2.24, 2.45) is 0 Å². The third-order valence-corrected chi connectivity index (χ3v) is 5.32. The van der Waals surface area contributed by atoms with E-state index in [0.29, 0.717) is 17.1 Å². The monoisotopic (exact) mass is 438 g/mol. The number of hydrogen-bond acceptors (Lipinski definition) is 5. The molecule has 0 bridgehead atoms. The van der Waals surface area contributed by atoms with Gasteiger partial charge in [-0.25, -0.2) is 9.37 Å². The van der Waals surface area contributed by atoms with Crippen molar-refractivity contribution < 1.29 is 18.7 Å². The molecule has 4 aromatic rings. The van der Waals surface area contributed by atoms with Crippen LogP contribution in [-0.2, 0) is 4.79 Å². The fourth-order valence-electron chi connectivity index (χ4n) is 2.91. The van der Waals surface area contributed by atoms with Crippen molar-refractivity contribution in [1.82, 2.24) is 14.3 Å². The molecule has 0 aliphatic carbocycles. The van der Waals surface area contributed by atoms with E-state index in [2.05, 4.69) is 10.3 Å². The second kappa shape index (κ2) is 8.57. The molecule has 9 heteroatoms. The Bertz CT molecular complexity index is 1230. The molecule has 0 fully saturated rings. The number of nitrogens with zero attached hydrogens (tertiary/aromatic N) is 3. The molecule has 7 nitrogen and oxygen atoms in total. The Morgan fingerprint density at radius 1 is 1.13 bits per heavy atom. The van der Waals surface area contributed by atoms with E-state index >= 15 is 0 Å². The van der Waals surface area contributed by atoms with E-state index in [9.17, 15) is 14.0 Å². The zero-order valence-electron chi connectivity index (χ0n) is 16.8. The highest BCUT2D eigenvalue weighted by Crippen LogP contribution is 2.25. The van der Waals surface area contributed by atoms with E-state index in [-0.39, 0.29) is 24.2 Å². The number of anilines is 1. The van der Waals surface area contributed by atoms with Crippen LogP contribution in [0, 0.1) is 5.82 Å². The number of carbonyl (C=O) groups is 2. The van der Waals surface area contributed by atoms with Gasteiger partial charge in [-0.2, -0.15) is 0 Å². The molecule has 2 amide bonds. The van der Waals surface area contributed by atoms with Gasteiger partial charge in [0.05, 0.1) is 5.69 Å². The lowest BCUT2D eigenvalue weighted by molar-refractivity contribution is -0.118. The quantitative estimate of drug-likeness (QED) is 0.495. The number of ether oxygens (including phenoxy) is 1. The molecule has 0 atom stereocenters. The normalized spacial score (nSPS) is 10.8. The molecule has 0 aliphatic rings. The molecule has 0 radical (unpaired) electrons. The van der Waals surface area contributed by atoms with E-state index in [0.717, 1.165) is 16.2 Å². The number of aromatic nitrogens is 2. The van der Waals surface area contributed by atoms with Crippen LogP contribution in [-0.4, -0.2) is 46.8 Å². The maximum Gasteiger partial charge on any atom is 0.271 e. The highest BCUT2D eigenvalue weighted by Gasteiger charge is 2.16. The second-order valence-corrected chi connectivity index (χ2v) is 7.80. The van der Waals surface area contributed by atoms with Crippen LogP contribution in [0.3, 0.4) is 0 Å². The minimum Gasteiger partial charge on any atom is -0.484 e. The van der Waals surface area contributed by atoms with Gasteiger partial charge in [0.1, 0.15) is 17.3 Å². The maximum atomic E-state index is 12.9. The number of benzene rings is 2. The molecule has 31 heavy (non-hydrogen) atoms. The van der Waals surface area contributed by atoms with Gasteiger partial charge in [-0.3, -0.25) is 14.0 Å². The molecule has 4 rings (SSSR count). The number of imidazole rings is 1. The van der Waals surface area contributed by atoms with Crippen molar-refractivity contribution in [2.45, 2.75) is 0 Å². The van der Waals surface area contributed by atoms with Gasteiger partial charge < -0.3 is 15.0 Å². The minimum absolute atomic E-state index is 0.0869. The van der Waals surface area contributed by atoms with Crippen LogP contribution in [0.1, 0.15) is 10.5 Å². The number of thiazole rings is 1. The van der Waals surface area contributed by atoms with Gasteiger partial charge in [0.2, 0.25) is 0 Å². The van der Waals surface area contributed by atoms with E-state index < -0.39 is 0 Å². The first-order valence-corrected chi connectivity index (χ1v) is 10.3. The molecule has 1 N–H and O–H groups in total. The summed E-state index contributed by atoms with van der Waals surface area (Å²) in [5.74, 6) is -0.365. The number of hydrogen-bond donors (Lipinski definition) is 1. The summed E-state index contributed by atoms with van der Waals surface area (Å²) < 4.78 is 20.0. The number of rotatable bonds is 6. The lowest BCUT2D eigenvalue weighted by Crippen LogP contribution is -2.22. The van der Waals surface area contributed by atoms with Crippen molar-refractivity contribution in [3.63, 3.8) is 0 Å². The molecule has 2 aromatic heterocycles. The van der Waals surface area contributed by atoms with Crippen LogP contribution in [0.25, 0.3) is 16.2 Å². The summed E-state index contributed by atoms with van der Waals surface area (Å²) in [5.41, 5.74) is 2.77. The SMILES string of the molecule is CN(C)C(=O)c1csc2nc(-c3ccc(NC(=O)COc4ccc(F)cc4)cc3)cn12. The highest BCUT2D eigenvalue weighted by atomic mass is 32.1. The Labute approximate surface area is 181 Å². The first kappa shape index (κ1) is 20.5. The summed E-state index contributed by atoms with van der Waals surface area (Å²) in [6.45, 7) is -0.187. The van der Waals surface area contributed by atoms with Gasteiger partial charge in [0.25, 0.3) is 11.8 Å². The first-order chi connectivity index (χ1) is 14.9. The lowest BCUT2D eigenvalue weighted by Gasteiger charge is -2.08. The molecule has 158 valence electrons. The van der Waals surface area contributed by atoms with Crippen LogP contribution in [0.5, 0.6) is 5.75 Å². The Morgan fingerprint density at radius 3 is 2.52 bits per heavy atom. The number of nitrogens with one attached hydrogen (secondary N) is 1. The molecular formula is C22H19FN4O3S. The largest absolute Gasteiger partial charge is 0.484 e. The predicted octanol–water partition coefficient (Wildman–Crippen LogP) is 3.92. The molecular weight excluding hydrogens is 419 g/mol. The van der Waals surface area contributed by atoms with E-state index in [4.69, 9.17) is 4.74 Å². The first-order valence-electron chi connectivity index (χ1n) is 9.37. The van der Waals surface area contributed by atoms with Crippen LogP contribution < -0.4 is 10.1 Å². The van der Waals surface area contributed by atoms with Crippen LogP contribution in [0.4, 0.5) is 10.1 Å². The van der Waals surface area contributed by atoms with Gasteiger partial charge in [0.15, 0.2) is 11.6 Å². The van der Waals surface area contributed by atoms with Crippen LogP contribution in [0.2, 0.25) is 0 Å². The Morgan fingerprint density at radius 2 is 1.84 bits per heavy atom. The minimum atomic E-state index is -0.366. The standard InChI is InChI=1S/C22H19FN4O3S/c1-26(2)21(29)19-13-31-22-25-18(11-27(19)22)14-3-7-16(8-4-14)24-20(28)12-30-17-9-5-15(23)6-10-17/h3-11,13H,12H2,1-2H3,(H,24,28).